The predicted molar refractivity (Wildman–Crippen MR) is 76.9 cm³/mol. The van der Waals surface area contributed by atoms with Crippen LogP contribution in [-0.4, -0.2) is 11.8 Å². The Bertz CT molecular complexity index is 491. The van der Waals surface area contributed by atoms with E-state index in [1.807, 2.05) is 43.3 Å². The molecule has 0 aliphatic heterocycles. The standard InChI is InChI=1S/C17H21NO/c1-2-15(17(19)13-6-4-3-5-7-13)18-16-11-12-8-9-14(16)10-12/h2-7,12,14,16,18H,8-11H2,1H3. The van der Waals surface area contributed by atoms with Gasteiger partial charge in [0.05, 0.1) is 5.70 Å². The number of ketones is 1. The third-order valence-electron chi connectivity index (χ3n) is 4.65. The van der Waals surface area contributed by atoms with Crippen LogP contribution in [0.4, 0.5) is 0 Å². The fourth-order valence-corrected chi connectivity index (χ4v) is 3.65. The molecule has 0 saturated heterocycles. The van der Waals surface area contributed by atoms with E-state index in [9.17, 15) is 4.79 Å². The second-order valence-corrected chi connectivity index (χ2v) is 5.82. The van der Waals surface area contributed by atoms with Crippen LogP contribution in [-0.2, 0) is 0 Å². The number of Topliss-reactive ketones (excluding diaryl/α,β-unsaturated/α-hetero) is 1. The molecule has 0 heterocycles. The molecule has 2 fully saturated rings. The summed E-state index contributed by atoms with van der Waals surface area (Å²) in [5.41, 5.74) is 1.54. The third-order valence-corrected chi connectivity index (χ3v) is 4.65. The summed E-state index contributed by atoms with van der Waals surface area (Å²) >= 11 is 0. The molecular formula is C17H21NO. The van der Waals surface area contributed by atoms with Crippen molar-refractivity contribution in [3.63, 3.8) is 0 Å². The molecule has 0 amide bonds. The first-order chi connectivity index (χ1) is 9.28. The largest absolute Gasteiger partial charge is 0.379 e. The van der Waals surface area contributed by atoms with Crippen LogP contribution < -0.4 is 5.32 Å². The molecule has 1 aromatic rings. The Morgan fingerprint density at radius 2 is 2.00 bits per heavy atom. The summed E-state index contributed by atoms with van der Waals surface area (Å²) < 4.78 is 0. The van der Waals surface area contributed by atoms with Gasteiger partial charge in [0.2, 0.25) is 5.78 Å². The van der Waals surface area contributed by atoms with Crippen molar-refractivity contribution < 1.29 is 4.79 Å². The fraction of sp³-hybridized carbons (Fsp3) is 0.471. The molecule has 2 heteroatoms. The molecule has 0 aromatic heterocycles. The van der Waals surface area contributed by atoms with Crippen LogP contribution in [0.2, 0.25) is 0 Å². The Morgan fingerprint density at radius 3 is 2.58 bits per heavy atom. The van der Waals surface area contributed by atoms with Crippen LogP contribution in [0.15, 0.2) is 42.1 Å². The zero-order valence-corrected chi connectivity index (χ0v) is 11.4. The summed E-state index contributed by atoms with van der Waals surface area (Å²) in [6.07, 6.45) is 7.24. The van der Waals surface area contributed by atoms with Gasteiger partial charge in [0.1, 0.15) is 0 Å². The molecular weight excluding hydrogens is 234 g/mol. The van der Waals surface area contributed by atoms with E-state index in [-0.39, 0.29) is 5.78 Å². The van der Waals surface area contributed by atoms with Crippen LogP contribution in [0.3, 0.4) is 0 Å². The van der Waals surface area contributed by atoms with E-state index in [0.717, 1.165) is 23.1 Å². The predicted octanol–water partition coefficient (Wildman–Crippen LogP) is 3.55. The molecule has 0 spiro atoms. The van der Waals surface area contributed by atoms with E-state index in [1.54, 1.807) is 0 Å². The molecule has 3 unspecified atom stereocenters. The molecule has 0 radical (unpaired) electrons. The number of hydrogen-bond donors (Lipinski definition) is 1. The molecule has 19 heavy (non-hydrogen) atoms. The average molecular weight is 255 g/mol. The van der Waals surface area contributed by atoms with Gasteiger partial charge in [0, 0.05) is 11.6 Å². The summed E-state index contributed by atoms with van der Waals surface area (Å²) in [6.45, 7) is 1.94. The summed E-state index contributed by atoms with van der Waals surface area (Å²) in [5.74, 6) is 1.79. The van der Waals surface area contributed by atoms with E-state index in [4.69, 9.17) is 0 Å². The summed E-state index contributed by atoms with van der Waals surface area (Å²) in [7, 11) is 0. The maximum absolute atomic E-state index is 12.4. The first-order valence-corrected chi connectivity index (χ1v) is 7.30. The van der Waals surface area contributed by atoms with Crippen molar-refractivity contribution in [1.29, 1.82) is 0 Å². The Labute approximate surface area is 114 Å². The van der Waals surface area contributed by atoms with Crippen molar-refractivity contribution in [2.75, 3.05) is 0 Å². The number of allylic oxidation sites excluding steroid dienone is 2. The molecule has 2 nitrogen and oxygen atoms in total. The summed E-state index contributed by atoms with van der Waals surface area (Å²) in [5, 5.41) is 3.51. The Morgan fingerprint density at radius 1 is 1.21 bits per heavy atom. The van der Waals surface area contributed by atoms with Gasteiger partial charge in [-0.1, -0.05) is 42.8 Å². The van der Waals surface area contributed by atoms with Crippen molar-refractivity contribution in [1.82, 2.24) is 5.32 Å². The molecule has 3 rings (SSSR count). The highest BCUT2D eigenvalue weighted by atomic mass is 16.1. The van der Waals surface area contributed by atoms with Crippen molar-refractivity contribution in [3.05, 3.63) is 47.7 Å². The number of rotatable bonds is 4. The van der Waals surface area contributed by atoms with Gasteiger partial charge in [-0.2, -0.15) is 0 Å². The van der Waals surface area contributed by atoms with Gasteiger partial charge in [0.25, 0.3) is 0 Å². The minimum Gasteiger partial charge on any atom is -0.379 e. The van der Waals surface area contributed by atoms with Crippen LogP contribution in [0.25, 0.3) is 0 Å². The fourth-order valence-electron chi connectivity index (χ4n) is 3.65. The van der Waals surface area contributed by atoms with Crippen molar-refractivity contribution in [3.8, 4) is 0 Å². The number of nitrogens with one attached hydrogen (secondary N) is 1. The topological polar surface area (TPSA) is 29.1 Å². The Kier molecular flexibility index (Phi) is 3.41. The highest BCUT2D eigenvalue weighted by molar-refractivity contribution is 6.08. The lowest BCUT2D eigenvalue weighted by molar-refractivity contribution is 0.102. The normalized spacial score (nSPS) is 29.5. The minimum atomic E-state index is 0.117. The first-order valence-electron chi connectivity index (χ1n) is 7.30. The SMILES string of the molecule is CC=C(NC1CC2CCC1C2)C(=O)c1ccccc1. The first kappa shape index (κ1) is 12.5. The number of fused-ring (bicyclic) bond motifs is 2. The van der Waals surface area contributed by atoms with Gasteiger partial charge >= 0.3 is 0 Å². The smallest absolute Gasteiger partial charge is 0.208 e. The molecule has 2 saturated carbocycles. The van der Waals surface area contributed by atoms with Crippen molar-refractivity contribution in [2.45, 2.75) is 38.6 Å². The number of hydrogen-bond acceptors (Lipinski definition) is 2. The lowest BCUT2D eigenvalue weighted by atomic mass is 9.94. The van der Waals surface area contributed by atoms with Crippen LogP contribution in [0.1, 0.15) is 43.0 Å². The second kappa shape index (κ2) is 5.20. The number of carbonyl (C=O) groups excluding carboxylic acids is 1. The maximum atomic E-state index is 12.4. The highest BCUT2D eigenvalue weighted by Crippen LogP contribution is 2.44. The Balaban J connectivity index is 1.70. The zero-order valence-electron chi connectivity index (χ0n) is 11.4. The van der Waals surface area contributed by atoms with Crippen LogP contribution in [0, 0.1) is 11.8 Å². The van der Waals surface area contributed by atoms with E-state index < -0.39 is 0 Å². The minimum absolute atomic E-state index is 0.117. The van der Waals surface area contributed by atoms with Gasteiger partial charge < -0.3 is 5.32 Å². The molecule has 100 valence electrons. The molecule has 2 aliphatic rings. The highest BCUT2D eigenvalue weighted by Gasteiger charge is 2.39. The van der Waals surface area contributed by atoms with Gasteiger partial charge in [-0.25, -0.2) is 0 Å². The van der Waals surface area contributed by atoms with Gasteiger partial charge in [-0.15, -0.1) is 0 Å². The lowest BCUT2D eigenvalue weighted by Gasteiger charge is -2.25. The van der Waals surface area contributed by atoms with Crippen LogP contribution >= 0.6 is 0 Å². The third kappa shape index (κ3) is 2.44. The lowest BCUT2D eigenvalue weighted by Crippen LogP contribution is -2.35. The van der Waals surface area contributed by atoms with E-state index >= 15 is 0 Å². The monoisotopic (exact) mass is 255 g/mol. The number of carbonyl (C=O) groups is 1. The van der Waals surface area contributed by atoms with E-state index in [1.165, 1.54) is 25.7 Å². The zero-order chi connectivity index (χ0) is 13.2. The van der Waals surface area contributed by atoms with Crippen molar-refractivity contribution in [2.24, 2.45) is 11.8 Å². The average Bonchev–Trinajstić information content (AvgIpc) is 3.07. The van der Waals surface area contributed by atoms with E-state index in [2.05, 4.69) is 5.32 Å². The van der Waals surface area contributed by atoms with E-state index in [0.29, 0.717) is 6.04 Å². The van der Waals surface area contributed by atoms with Crippen LogP contribution in [0.5, 0.6) is 0 Å². The van der Waals surface area contributed by atoms with Gasteiger partial charge in [-0.3, -0.25) is 4.79 Å². The second-order valence-electron chi connectivity index (χ2n) is 5.82. The molecule has 1 aromatic carbocycles. The summed E-state index contributed by atoms with van der Waals surface area (Å²) in [6, 6.07) is 10.0. The molecule has 1 N–H and O–H groups in total. The maximum Gasteiger partial charge on any atom is 0.208 e. The number of benzene rings is 1. The quantitative estimate of drug-likeness (QED) is 0.658. The molecule has 2 aliphatic carbocycles. The van der Waals surface area contributed by atoms with Gasteiger partial charge in [-0.05, 0) is 38.0 Å². The summed E-state index contributed by atoms with van der Waals surface area (Å²) in [4.78, 5) is 12.4. The van der Waals surface area contributed by atoms with Gasteiger partial charge in [0.15, 0.2) is 0 Å². The van der Waals surface area contributed by atoms with Crippen molar-refractivity contribution >= 4 is 5.78 Å². The molecule has 3 atom stereocenters. The molecule has 2 bridgehead atoms. The Hall–Kier alpha value is -1.57.